The second-order valence-corrected chi connectivity index (χ2v) is 7.34. The van der Waals surface area contributed by atoms with Gasteiger partial charge in [-0.25, -0.2) is 8.78 Å². The zero-order valence-electron chi connectivity index (χ0n) is 14.0. The Morgan fingerprint density at radius 2 is 1.82 bits per heavy atom. The molecule has 0 bridgehead atoms. The zero-order chi connectivity index (χ0) is 20.1. The molecule has 0 spiro atoms. The Kier molecular flexibility index (Phi) is 4.53. The van der Waals surface area contributed by atoms with Gasteiger partial charge in [0.2, 0.25) is 5.88 Å². The minimum Gasteiger partial charge on any atom is -0.493 e. The van der Waals surface area contributed by atoms with Gasteiger partial charge in [-0.1, -0.05) is 6.07 Å². The molecule has 0 unspecified atom stereocenters. The highest BCUT2D eigenvalue weighted by Crippen LogP contribution is 2.46. The fourth-order valence-corrected chi connectivity index (χ4v) is 3.76. The molecule has 1 fully saturated rings. The summed E-state index contributed by atoms with van der Waals surface area (Å²) in [6.07, 6.45) is -4.54. The number of thioether (sulfide) groups is 1. The summed E-state index contributed by atoms with van der Waals surface area (Å²) < 4.78 is 67.9. The van der Waals surface area contributed by atoms with Gasteiger partial charge in [0.15, 0.2) is 11.5 Å². The van der Waals surface area contributed by atoms with Crippen molar-refractivity contribution >= 4 is 34.0 Å². The lowest BCUT2D eigenvalue weighted by Gasteiger charge is -2.27. The smallest absolute Gasteiger partial charge is 0.416 e. The number of benzene rings is 2. The highest BCUT2D eigenvalue weighted by Gasteiger charge is 2.31. The number of hydrogen-bond donors (Lipinski definition) is 1. The fraction of sp³-hybridized carbons (Fsp3) is 0.222. The van der Waals surface area contributed by atoms with E-state index in [9.17, 15) is 27.1 Å². The zero-order valence-corrected chi connectivity index (χ0v) is 14.9. The Morgan fingerprint density at radius 1 is 1.07 bits per heavy atom. The van der Waals surface area contributed by atoms with Gasteiger partial charge >= 0.3 is 6.18 Å². The van der Waals surface area contributed by atoms with Crippen LogP contribution in [0.15, 0.2) is 46.6 Å². The summed E-state index contributed by atoms with van der Waals surface area (Å²) in [5.74, 6) is -0.847. The monoisotopic (exact) mass is 413 g/mol. The number of aromatic nitrogens is 1. The molecular formula is C18H12F5N3OS. The van der Waals surface area contributed by atoms with Crippen LogP contribution in [0.5, 0.6) is 5.88 Å². The number of alkyl halides is 3. The van der Waals surface area contributed by atoms with Gasteiger partial charge in [0.25, 0.3) is 0 Å². The van der Waals surface area contributed by atoms with Gasteiger partial charge < -0.3 is 9.67 Å². The summed E-state index contributed by atoms with van der Waals surface area (Å²) in [5, 5.41) is 18.1. The Labute approximate surface area is 159 Å². The lowest BCUT2D eigenvalue weighted by Crippen LogP contribution is -2.22. The lowest BCUT2D eigenvalue weighted by molar-refractivity contribution is -0.137. The van der Waals surface area contributed by atoms with Crippen LogP contribution in [0, 0.1) is 11.6 Å². The van der Waals surface area contributed by atoms with Crippen LogP contribution in [-0.2, 0) is 6.18 Å². The third kappa shape index (κ3) is 3.21. The molecule has 0 saturated carbocycles. The van der Waals surface area contributed by atoms with Crippen molar-refractivity contribution in [2.75, 3.05) is 11.5 Å². The Bertz CT molecular complexity index is 1090. The van der Waals surface area contributed by atoms with Gasteiger partial charge in [-0.3, -0.25) is 0 Å². The molecule has 4 rings (SSSR count). The van der Waals surface area contributed by atoms with Crippen molar-refractivity contribution in [1.29, 1.82) is 0 Å². The van der Waals surface area contributed by atoms with Crippen LogP contribution in [0.1, 0.15) is 11.6 Å². The second-order valence-electron chi connectivity index (χ2n) is 6.27. The van der Waals surface area contributed by atoms with E-state index < -0.39 is 29.3 Å². The van der Waals surface area contributed by atoms with Crippen molar-refractivity contribution in [3.05, 3.63) is 53.6 Å². The van der Waals surface area contributed by atoms with Crippen molar-refractivity contribution < 1.29 is 27.1 Å². The van der Waals surface area contributed by atoms with Gasteiger partial charge in [0, 0.05) is 23.0 Å². The quantitative estimate of drug-likeness (QED) is 0.402. The first-order valence-electron chi connectivity index (χ1n) is 8.14. The van der Waals surface area contributed by atoms with Crippen LogP contribution >= 0.6 is 11.8 Å². The highest BCUT2D eigenvalue weighted by atomic mass is 32.2. The minimum atomic E-state index is -4.54. The Morgan fingerprint density at radius 3 is 2.46 bits per heavy atom. The average molecular weight is 413 g/mol. The third-order valence-corrected chi connectivity index (χ3v) is 5.63. The van der Waals surface area contributed by atoms with Gasteiger partial charge in [-0.2, -0.15) is 30.0 Å². The van der Waals surface area contributed by atoms with Crippen LogP contribution in [0.4, 0.5) is 33.3 Å². The van der Waals surface area contributed by atoms with E-state index in [2.05, 4.69) is 10.2 Å². The summed E-state index contributed by atoms with van der Waals surface area (Å²) >= 11 is 1.60. The molecule has 1 aliphatic rings. The summed E-state index contributed by atoms with van der Waals surface area (Å²) in [6, 6.07) is 5.69. The number of azo groups is 1. The molecule has 2 aromatic carbocycles. The number of aromatic hydroxyl groups is 1. The average Bonchev–Trinajstić information content (AvgIpc) is 2.83. The van der Waals surface area contributed by atoms with Crippen molar-refractivity contribution in [1.82, 2.24) is 4.57 Å². The lowest BCUT2D eigenvalue weighted by atomic mass is 10.2. The highest BCUT2D eigenvalue weighted by molar-refractivity contribution is 8.00. The Hall–Kier alpha value is -2.62. The SMILES string of the molecule is Oc1c(N=Nc2cccc(C(F)(F)F)c2)c2cc(F)cc(F)c2n1C1CSC1. The molecule has 4 nitrogen and oxygen atoms in total. The van der Waals surface area contributed by atoms with E-state index in [1.165, 1.54) is 16.7 Å². The maximum absolute atomic E-state index is 14.4. The maximum Gasteiger partial charge on any atom is 0.416 e. The molecule has 1 N–H and O–H groups in total. The molecule has 0 amide bonds. The molecule has 146 valence electrons. The molecule has 3 aromatic rings. The van der Waals surface area contributed by atoms with Gasteiger partial charge in [-0.15, -0.1) is 5.11 Å². The van der Waals surface area contributed by atoms with Crippen molar-refractivity contribution in [2.45, 2.75) is 12.2 Å². The third-order valence-electron chi connectivity index (χ3n) is 4.39. The molecule has 0 atom stereocenters. The molecule has 0 radical (unpaired) electrons. The van der Waals surface area contributed by atoms with E-state index in [0.717, 1.165) is 18.2 Å². The topological polar surface area (TPSA) is 49.9 Å². The van der Waals surface area contributed by atoms with Crippen molar-refractivity contribution in [2.24, 2.45) is 10.2 Å². The van der Waals surface area contributed by atoms with Gasteiger partial charge in [-0.05, 0) is 24.3 Å². The van der Waals surface area contributed by atoms with Crippen molar-refractivity contribution in [3.8, 4) is 5.88 Å². The van der Waals surface area contributed by atoms with Crippen molar-refractivity contribution in [3.63, 3.8) is 0 Å². The number of fused-ring (bicyclic) bond motifs is 1. The normalized spacial score (nSPS) is 15.5. The van der Waals surface area contributed by atoms with Crippen LogP contribution in [0.25, 0.3) is 10.9 Å². The molecule has 0 aliphatic carbocycles. The molecule has 1 saturated heterocycles. The number of nitrogens with zero attached hydrogens (tertiary/aromatic N) is 3. The summed E-state index contributed by atoms with van der Waals surface area (Å²) in [6.45, 7) is 0. The standard InChI is InChI=1S/C18H12F5N3OS/c19-10-5-13-15(25-24-11-3-1-2-9(4-11)18(21,22)23)17(27)26(12-7-28-8-12)16(13)14(20)6-10/h1-6,12,27H,7-8H2. The molecule has 1 aliphatic heterocycles. The summed E-state index contributed by atoms with van der Waals surface area (Å²) in [5.41, 5.74) is -1.21. The molecule has 10 heteroatoms. The fourth-order valence-electron chi connectivity index (χ4n) is 3.01. The number of hydrogen-bond acceptors (Lipinski definition) is 4. The Balaban J connectivity index is 1.83. The van der Waals surface area contributed by atoms with E-state index in [1.54, 1.807) is 11.8 Å². The first-order valence-corrected chi connectivity index (χ1v) is 9.30. The first kappa shape index (κ1) is 18.7. The van der Waals surface area contributed by atoms with Gasteiger partial charge in [0.05, 0.1) is 22.8 Å². The van der Waals surface area contributed by atoms with Gasteiger partial charge in [0.1, 0.15) is 5.82 Å². The molecular weight excluding hydrogens is 401 g/mol. The molecule has 28 heavy (non-hydrogen) atoms. The summed E-state index contributed by atoms with van der Waals surface area (Å²) in [4.78, 5) is 0. The number of halogens is 5. The largest absolute Gasteiger partial charge is 0.493 e. The predicted octanol–water partition coefficient (Wildman–Crippen LogP) is 6.35. The van der Waals surface area contributed by atoms with Crippen LogP contribution in [-0.4, -0.2) is 21.2 Å². The predicted molar refractivity (Wildman–Crippen MR) is 95.5 cm³/mol. The summed E-state index contributed by atoms with van der Waals surface area (Å²) in [7, 11) is 0. The first-order chi connectivity index (χ1) is 13.3. The number of rotatable bonds is 3. The van der Waals surface area contributed by atoms with E-state index >= 15 is 0 Å². The minimum absolute atomic E-state index is 0.00243. The van der Waals surface area contributed by atoms with Crippen LogP contribution in [0.2, 0.25) is 0 Å². The molecule has 2 heterocycles. The van der Waals surface area contributed by atoms with E-state index in [-0.39, 0.29) is 28.3 Å². The van der Waals surface area contributed by atoms with E-state index in [0.29, 0.717) is 17.6 Å². The van der Waals surface area contributed by atoms with E-state index in [1.807, 2.05) is 0 Å². The van der Waals surface area contributed by atoms with E-state index in [4.69, 9.17) is 0 Å². The second kappa shape index (κ2) is 6.77. The maximum atomic E-state index is 14.4. The van der Waals surface area contributed by atoms with Crippen LogP contribution in [0.3, 0.4) is 0 Å². The van der Waals surface area contributed by atoms with Crippen LogP contribution < -0.4 is 0 Å². The molecule has 1 aromatic heterocycles.